The summed E-state index contributed by atoms with van der Waals surface area (Å²) in [6.45, 7) is 2.41. The van der Waals surface area contributed by atoms with Crippen LogP contribution < -0.4 is 10.6 Å². The van der Waals surface area contributed by atoms with E-state index in [9.17, 15) is 9.59 Å². The van der Waals surface area contributed by atoms with Crippen LogP contribution in [0.25, 0.3) is 0 Å². The van der Waals surface area contributed by atoms with E-state index >= 15 is 0 Å². The Balaban J connectivity index is 2.12. The smallest absolute Gasteiger partial charge is 0.255 e. The molecule has 2 N–H and O–H groups in total. The summed E-state index contributed by atoms with van der Waals surface area (Å²) in [7, 11) is 0. The van der Waals surface area contributed by atoms with E-state index in [4.69, 9.17) is 11.6 Å². The lowest BCUT2D eigenvalue weighted by atomic mass is 10.1. The maximum absolute atomic E-state index is 12.1. The van der Waals surface area contributed by atoms with E-state index in [1.807, 2.05) is 6.92 Å². The van der Waals surface area contributed by atoms with Crippen LogP contribution in [0.2, 0.25) is 5.02 Å². The Kier molecular flexibility index (Phi) is 4.95. The molecule has 0 unspecified atom stereocenters. The minimum absolute atomic E-state index is 0.167. The average Bonchev–Trinajstić information content (AvgIpc) is 2.48. The fourth-order valence-electron chi connectivity index (χ4n) is 1.81. The topological polar surface area (TPSA) is 58.2 Å². The molecule has 0 spiro atoms. The summed E-state index contributed by atoms with van der Waals surface area (Å²) in [6, 6.07) is 13.4. The molecule has 0 aromatic heterocycles. The van der Waals surface area contributed by atoms with Crippen molar-refractivity contribution in [1.82, 2.24) is 5.32 Å². The van der Waals surface area contributed by atoms with Crippen molar-refractivity contribution in [3.05, 3.63) is 64.7 Å². The van der Waals surface area contributed by atoms with Crippen molar-refractivity contribution in [1.29, 1.82) is 0 Å². The van der Waals surface area contributed by atoms with Gasteiger partial charge in [-0.15, -0.1) is 0 Å². The minimum Gasteiger partial charge on any atom is -0.352 e. The highest BCUT2D eigenvalue weighted by molar-refractivity contribution is 6.30. The number of carbonyl (C=O) groups excluding carboxylic acids is 2. The van der Waals surface area contributed by atoms with Crippen molar-refractivity contribution in [2.45, 2.75) is 6.92 Å². The lowest BCUT2D eigenvalue weighted by Gasteiger charge is -2.07. The van der Waals surface area contributed by atoms with Crippen LogP contribution in [0.3, 0.4) is 0 Å². The normalized spacial score (nSPS) is 10.0. The van der Waals surface area contributed by atoms with E-state index in [0.717, 1.165) is 0 Å². The Morgan fingerprint density at radius 3 is 2.38 bits per heavy atom. The number of hydrogen-bond acceptors (Lipinski definition) is 2. The van der Waals surface area contributed by atoms with Crippen LogP contribution in [0.1, 0.15) is 27.6 Å². The summed E-state index contributed by atoms with van der Waals surface area (Å²) in [5.41, 5.74) is 1.58. The van der Waals surface area contributed by atoms with E-state index in [1.165, 1.54) is 0 Å². The number of carbonyl (C=O) groups is 2. The van der Waals surface area contributed by atoms with E-state index in [1.54, 1.807) is 48.5 Å². The molecule has 0 bridgehead atoms. The quantitative estimate of drug-likeness (QED) is 0.910. The Labute approximate surface area is 128 Å². The second kappa shape index (κ2) is 6.90. The zero-order chi connectivity index (χ0) is 15.2. The molecule has 0 heterocycles. The van der Waals surface area contributed by atoms with Crippen molar-refractivity contribution in [2.75, 3.05) is 11.9 Å². The van der Waals surface area contributed by atoms with Crippen molar-refractivity contribution in [3.63, 3.8) is 0 Å². The molecule has 0 aliphatic rings. The van der Waals surface area contributed by atoms with Crippen LogP contribution in [-0.4, -0.2) is 18.4 Å². The summed E-state index contributed by atoms with van der Waals surface area (Å²) in [6.07, 6.45) is 0. The van der Waals surface area contributed by atoms with Crippen LogP contribution >= 0.6 is 11.6 Å². The summed E-state index contributed by atoms with van der Waals surface area (Å²) < 4.78 is 0. The first-order chi connectivity index (χ1) is 10.1. The van der Waals surface area contributed by atoms with Gasteiger partial charge in [-0.3, -0.25) is 9.59 Å². The second-order valence-corrected chi connectivity index (χ2v) is 4.84. The highest BCUT2D eigenvalue weighted by Crippen LogP contribution is 2.14. The van der Waals surface area contributed by atoms with Crippen molar-refractivity contribution >= 4 is 29.1 Å². The molecule has 2 amide bonds. The standard InChI is InChI=1S/C16H15ClN2O2/c1-2-18-15(20)12-4-3-5-14(10-12)19-16(21)11-6-8-13(17)9-7-11/h3-10H,2H2,1H3,(H,18,20)(H,19,21). The van der Waals surface area contributed by atoms with Crippen LogP contribution in [0.15, 0.2) is 48.5 Å². The number of hydrogen-bond donors (Lipinski definition) is 2. The lowest BCUT2D eigenvalue weighted by molar-refractivity contribution is 0.0954. The fraction of sp³-hybridized carbons (Fsp3) is 0.125. The minimum atomic E-state index is -0.250. The molecule has 5 heteroatoms. The van der Waals surface area contributed by atoms with Gasteiger partial charge in [0.2, 0.25) is 0 Å². The van der Waals surface area contributed by atoms with Crippen LogP contribution in [0, 0.1) is 0 Å². The number of halogens is 1. The molecule has 4 nitrogen and oxygen atoms in total. The number of rotatable bonds is 4. The van der Waals surface area contributed by atoms with E-state index in [-0.39, 0.29) is 11.8 Å². The van der Waals surface area contributed by atoms with Gasteiger partial charge in [0.05, 0.1) is 0 Å². The average molecular weight is 303 g/mol. The van der Waals surface area contributed by atoms with Crippen molar-refractivity contribution in [3.8, 4) is 0 Å². The summed E-state index contributed by atoms with van der Waals surface area (Å²) in [4.78, 5) is 23.8. The van der Waals surface area contributed by atoms with E-state index in [0.29, 0.717) is 28.4 Å². The first-order valence-electron chi connectivity index (χ1n) is 6.55. The number of nitrogens with one attached hydrogen (secondary N) is 2. The monoisotopic (exact) mass is 302 g/mol. The first-order valence-corrected chi connectivity index (χ1v) is 6.93. The van der Waals surface area contributed by atoms with Gasteiger partial charge in [0, 0.05) is 28.4 Å². The molecular formula is C16H15ClN2O2. The SMILES string of the molecule is CCNC(=O)c1cccc(NC(=O)c2ccc(Cl)cc2)c1. The molecule has 0 saturated carbocycles. The van der Waals surface area contributed by atoms with Gasteiger partial charge in [-0.25, -0.2) is 0 Å². The fourth-order valence-corrected chi connectivity index (χ4v) is 1.93. The predicted molar refractivity (Wildman–Crippen MR) is 83.9 cm³/mol. The Morgan fingerprint density at radius 1 is 1.00 bits per heavy atom. The van der Waals surface area contributed by atoms with E-state index < -0.39 is 0 Å². The van der Waals surface area contributed by atoms with Crippen molar-refractivity contribution < 1.29 is 9.59 Å². The lowest BCUT2D eigenvalue weighted by Crippen LogP contribution is -2.22. The number of benzene rings is 2. The van der Waals surface area contributed by atoms with Gasteiger partial charge in [-0.1, -0.05) is 17.7 Å². The van der Waals surface area contributed by atoms with Crippen molar-refractivity contribution in [2.24, 2.45) is 0 Å². The van der Waals surface area contributed by atoms with Gasteiger partial charge in [-0.05, 0) is 49.4 Å². The summed E-state index contributed by atoms with van der Waals surface area (Å²) in [5, 5.41) is 6.04. The van der Waals surface area contributed by atoms with Crippen LogP contribution in [0.5, 0.6) is 0 Å². The Bertz CT molecular complexity index is 654. The third-order valence-electron chi connectivity index (χ3n) is 2.83. The summed E-state index contributed by atoms with van der Waals surface area (Å²) >= 11 is 5.79. The largest absolute Gasteiger partial charge is 0.352 e. The maximum Gasteiger partial charge on any atom is 0.255 e. The molecule has 2 aromatic rings. The molecule has 2 aromatic carbocycles. The Morgan fingerprint density at radius 2 is 1.71 bits per heavy atom. The van der Waals surface area contributed by atoms with Crippen LogP contribution in [0.4, 0.5) is 5.69 Å². The van der Waals surface area contributed by atoms with Gasteiger partial charge >= 0.3 is 0 Å². The highest BCUT2D eigenvalue weighted by Gasteiger charge is 2.08. The number of anilines is 1. The number of amides is 2. The molecule has 0 aliphatic carbocycles. The predicted octanol–water partition coefficient (Wildman–Crippen LogP) is 3.34. The third-order valence-corrected chi connectivity index (χ3v) is 3.08. The highest BCUT2D eigenvalue weighted by atomic mass is 35.5. The molecular weight excluding hydrogens is 288 g/mol. The molecule has 0 radical (unpaired) electrons. The van der Waals surface area contributed by atoms with Crippen LogP contribution in [-0.2, 0) is 0 Å². The van der Waals surface area contributed by atoms with Gasteiger partial charge < -0.3 is 10.6 Å². The maximum atomic E-state index is 12.1. The van der Waals surface area contributed by atoms with Gasteiger partial charge in [0.25, 0.3) is 11.8 Å². The molecule has 0 atom stereocenters. The zero-order valence-corrected chi connectivity index (χ0v) is 12.3. The van der Waals surface area contributed by atoms with Gasteiger partial charge in [-0.2, -0.15) is 0 Å². The molecule has 2 rings (SSSR count). The van der Waals surface area contributed by atoms with Gasteiger partial charge in [0.15, 0.2) is 0 Å². The Hall–Kier alpha value is -2.33. The molecule has 0 saturated heterocycles. The summed E-state index contributed by atoms with van der Waals surface area (Å²) in [5.74, 6) is -0.417. The zero-order valence-electron chi connectivity index (χ0n) is 11.5. The molecule has 0 aliphatic heterocycles. The third kappa shape index (κ3) is 4.07. The molecule has 108 valence electrons. The second-order valence-electron chi connectivity index (χ2n) is 4.40. The van der Waals surface area contributed by atoms with Gasteiger partial charge in [0.1, 0.15) is 0 Å². The molecule has 0 fully saturated rings. The van der Waals surface area contributed by atoms with E-state index in [2.05, 4.69) is 10.6 Å². The first kappa shape index (κ1) is 15.1. The molecule has 21 heavy (non-hydrogen) atoms.